The van der Waals surface area contributed by atoms with Crippen LogP contribution in [0.2, 0.25) is 0 Å². The zero-order valence-electron chi connectivity index (χ0n) is 12.4. The summed E-state index contributed by atoms with van der Waals surface area (Å²) in [5, 5.41) is 0. The van der Waals surface area contributed by atoms with Crippen molar-refractivity contribution in [3.05, 3.63) is 23.9 Å². The molecule has 0 N–H and O–H groups in total. The third kappa shape index (κ3) is 4.22. The van der Waals surface area contributed by atoms with Crippen molar-refractivity contribution in [2.24, 2.45) is 0 Å². The minimum absolute atomic E-state index is 0.443. The van der Waals surface area contributed by atoms with Crippen molar-refractivity contribution in [2.75, 3.05) is 14.2 Å². The fourth-order valence-electron chi connectivity index (χ4n) is 1.53. The fraction of sp³-hybridized carbons (Fsp3) is 0.500. The summed E-state index contributed by atoms with van der Waals surface area (Å²) in [5.41, 5.74) is -0.0223. The number of aromatic nitrogens is 1. The van der Waals surface area contributed by atoms with Crippen molar-refractivity contribution >= 4 is 12.4 Å². The normalized spacial score (nSPS) is 12.4. The number of aldehydes is 1. The van der Waals surface area contributed by atoms with E-state index in [2.05, 4.69) is 4.98 Å². The van der Waals surface area contributed by atoms with Gasteiger partial charge in [0.15, 0.2) is 0 Å². The molecular weight excluding hydrogens is 260 g/mol. The molecule has 0 radical (unpaired) electrons. The van der Waals surface area contributed by atoms with Gasteiger partial charge >= 0.3 is 6.09 Å². The number of hydrogen-bond acceptors (Lipinski definition) is 5. The zero-order valence-corrected chi connectivity index (χ0v) is 12.4. The maximum atomic E-state index is 12.0. The maximum Gasteiger partial charge on any atom is 0.410 e. The van der Waals surface area contributed by atoms with E-state index in [1.807, 2.05) is 0 Å². The largest absolute Gasteiger partial charge is 0.481 e. The van der Waals surface area contributed by atoms with Crippen molar-refractivity contribution < 1.29 is 19.1 Å². The Balaban J connectivity index is 2.88. The second kappa shape index (κ2) is 6.36. The number of pyridine rings is 1. The number of methoxy groups -OCH3 is 1. The summed E-state index contributed by atoms with van der Waals surface area (Å²) >= 11 is 0. The molecule has 0 aliphatic rings. The van der Waals surface area contributed by atoms with Crippen molar-refractivity contribution in [1.82, 2.24) is 9.88 Å². The first-order valence-corrected chi connectivity index (χ1v) is 6.19. The van der Waals surface area contributed by atoms with Gasteiger partial charge in [0.25, 0.3) is 0 Å². The summed E-state index contributed by atoms with van der Waals surface area (Å²) in [4.78, 5) is 28.5. The lowest BCUT2D eigenvalue weighted by atomic mass is 10.1. The first kappa shape index (κ1) is 15.9. The number of rotatable bonds is 4. The number of carbonyl (C=O) groups is 2. The van der Waals surface area contributed by atoms with E-state index in [0.717, 1.165) is 0 Å². The molecule has 0 aliphatic carbocycles. The van der Waals surface area contributed by atoms with Gasteiger partial charge in [0, 0.05) is 24.9 Å². The topological polar surface area (TPSA) is 68.7 Å². The Morgan fingerprint density at radius 3 is 2.45 bits per heavy atom. The van der Waals surface area contributed by atoms with Gasteiger partial charge in [-0.2, -0.15) is 0 Å². The predicted molar refractivity (Wildman–Crippen MR) is 73.6 cm³/mol. The predicted octanol–water partition coefficient (Wildman–Crippen LogP) is 2.20. The summed E-state index contributed by atoms with van der Waals surface area (Å²) in [7, 11) is 3.02. The Bertz CT molecular complexity index is 465. The highest BCUT2D eigenvalue weighted by molar-refractivity contribution is 5.74. The van der Waals surface area contributed by atoms with Crippen molar-refractivity contribution in [3.63, 3.8) is 0 Å². The molecule has 0 fully saturated rings. The Kier molecular flexibility index (Phi) is 5.07. The molecule has 1 aromatic rings. The van der Waals surface area contributed by atoms with Crippen LogP contribution in [-0.4, -0.2) is 42.0 Å². The van der Waals surface area contributed by atoms with Crippen molar-refractivity contribution in [3.8, 4) is 5.88 Å². The molecule has 0 aliphatic heterocycles. The van der Waals surface area contributed by atoms with Gasteiger partial charge in [-0.15, -0.1) is 0 Å². The van der Waals surface area contributed by atoms with E-state index in [0.29, 0.717) is 17.7 Å². The number of hydrogen-bond donors (Lipinski definition) is 0. The maximum absolute atomic E-state index is 12.0. The summed E-state index contributed by atoms with van der Waals surface area (Å²) in [6.07, 6.45) is 1.61. The molecule has 6 heteroatoms. The minimum atomic E-state index is -0.747. The van der Waals surface area contributed by atoms with Gasteiger partial charge in [0.1, 0.15) is 17.9 Å². The van der Waals surface area contributed by atoms with Crippen LogP contribution in [0.5, 0.6) is 5.88 Å². The summed E-state index contributed by atoms with van der Waals surface area (Å²) in [6, 6.07) is 2.57. The molecule has 1 aromatic heterocycles. The smallest absolute Gasteiger partial charge is 0.410 e. The van der Waals surface area contributed by atoms with Gasteiger partial charge in [-0.1, -0.05) is 0 Å². The van der Waals surface area contributed by atoms with E-state index in [4.69, 9.17) is 9.47 Å². The summed E-state index contributed by atoms with van der Waals surface area (Å²) in [5.74, 6) is 0.443. The molecule has 0 aromatic carbocycles. The molecular formula is C14H20N2O4. The van der Waals surface area contributed by atoms with Gasteiger partial charge in [-0.05, 0) is 26.8 Å². The Morgan fingerprint density at radius 2 is 2.05 bits per heavy atom. The molecule has 20 heavy (non-hydrogen) atoms. The second-order valence-corrected chi connectivity index (χ2v) is 5.31. The SMILES string of the molecule is COc1ccc(C(C=O)N(C)C(=O)OC(C)(C)C)cn1. The number of nitrogens with zero attached hydrogens (tertiary/aromatic N) is 2. The molecule has 0 spiro atoms. The summed E-state index contributed by atoms with van der Waals surface area (Å²) in [6.45, 7) is 5.30. The Labute approximate surface area is 118 Å². The number of likely N-dealkylation sites (N-methyl/N-ethyl adjacent to an activating group) is 1. The molecule has 110 valence electrons. The standard InChI is InChI=1S/C14H20N2O4/c1-14(2,3)20-13(18)16(4)11(9-17)10-6-7-12(19-5)15-8-10/h6-9,11H,1-5H3. The van der Waals surface area contributed by atoms with Crippen LogP contribution in [0.25, 0.3) is 0 Å². The second-order valence-electron chi connectivity index (χ2n) is 5.31. The molecule has 1 amide bonds. The van der Waals surface area contributed by atoms with Crippen LogP contribution in [0.15, 0.2) is 18.3 Å². The van der Waals surface area contributed by atoms with Crippen LogP contribution in [0.1, 0.15) is 32.4 Å². The summed E-state index contributed by atoms with van der Waals surface area (Å²) < 4.78 is 10.2. The van der Waals surface area contributed by atoms with Gasteiger partial charge in [-0.3, -0.25) is 4.90 Å². The first-order valence-electron chi connectivity index (χ1n) is 6.19. The fourth-order valence-corrected chi connectivity index (χ4v) is 1.53. The van der Waals surface area contributed by atoms with Crippen LogP contribution in [-0.2, 0) is 9.53 Å². The third-order valence-corrected chi connectivity index (χ3v) is 2.54. The van der Waals surface area contributed by atoms with Crippen LogP contribution in [0.3, 0.4) is 0 Å². The van der Waals surface area contributed by atoms with E-state index < -0.39 is 17.7 Å². The average molecular weight is 280 g/mol. The molecule has 1 heterocycles. The number of carbonyl (C=O) groups excluding carboxylic acids is 2. The third-order valence-electron chi connectivity index (χ3n) is 2.54. The highest BCUT2D eigenvalue weighted by Crippen LogP contribution is 2.20. The molecule has 0 bridgehead atoms. The van der Waals surface area contributed by atoms with Gasteiger partial charge in [-0.25, -0.2) is 9.78 Å². The van der Waals surface area contributed by atoms with Crippen LogP contribution in [0, 0.1) is 0 Å². The minimum Gasteiger partial charge on any atom is -0.481 e. The van der Waals surface area contributed by atoms with E-state index in [9.17, 15) is 9.59 Å². The van der Waals surface area contributed by atoms with Crippen LogP contribution in [0.4, 0.5) is 4.79 Å². The molecule has 6 nitrogen and oxygen atoms in total. The lowest BCUT2D eigenvalue weighted by Crippen LogP contribution is -2.37. The van der Waals surface area contributed by atoms with E-state index in [-0.39, 0.29) is 0 Å². The monoisotopic (exact) mass is 280 g/mol. The van der Waals surface area contributed by atoms with Crippen molar-refractivity contribution in [1.29, 1.82) is 0 Å². The quantitative estimate of drug-likeness (QED) is 0.791. The highest BCUT2D eigenvalue weighted by Gasteiger charge is 2.26. The molecule has 1 rings (SSSR count). The number of ether oxygens (including phenoxy) is 2. The lowest BCUT2D eigenvalue weighted by molar-refractivity contribution is -0.112. The van der Waals surface area contributed by atoms with Gasteiger partial charge < -0.3 is 14.3 Å². The van der Waals surface area contributed by atoms with Gasteiger partial charge in [0.05, 0.1) is 7.11 Å². The lowest BCUT2D eigenvalue weighted by Gasteiger charge is -2.28. The highest BCUT2D eigenvalue weighted by atomic mass is 16.6. The van der Waals surface area contributed by atoms with E-state index in [1.54, 1.807) is 32.9 Å². The molecule has 1 unspecified atom stereocenters. The Morgan fingerprint density at radius 1 is 1.40 bits per heavy atom. The van der Waals surface area contributed by atoms with Crippen LogP contribution >= 0.6 is 0 Å². The molecule has 1 atom stereocenters. The average Bonchev–Trinajstić information content (AvgIpc) is 2.38. The zero-order chi connectivity index (χ0) is 15.3. The van der Waals surface area contributed by atoms with E-state index >= 15 is 0 Å². The van der Waals surface area contributed by atoms with Gasteiger partial charge in [0.2, 0.25) is 5.88 Å². The van der Waals surface area contributed by atoms with Crippen molar-refractivity contribution in [2.45, 2.75) is 32.4 Å². The Hall–Kier alpha value is -2.11. The number of amides is 1. The van der Waals surface area contributed by atoms with Crippen LogP contribution < -0.4 is 4.74 Å². The van der Waals surface area contributed by atoms with E-state index in [1.165, 1.54) is 25.3 Å². The first-order chi connectivity index (χ1) is 9.28. The molecule has 0 saturated carbocycles. The molecule has 0 saturated heterocycles.